The molecule has 0 aliphatic carbocycles. The maximum Gasteiger partial charge on any atom is 0.246 e. The first kappa shape index (κ1) is 21.7. The maximum absolute atomic E-state index is 12.6. The molecule has 0 aliphatic rings. The van der Waals surface area contributed by atoms with E-state index in [2.05, 4.69) is 15.5 Å². The molecule has 0 radical (unpaired) electrons. The number of ether oxygens (including phenoxy) is 1. The summed E-state index contributed by atoms with van der Waals surface area (Å²) in [4.78, 5) is 12.6. The summed E-state index contributed by atoms with van der Waals surface area (Å²) in [7, 11) is -2.07. The Balaban J connectivity index is 1.76. The molecule has 0 spiro atoms. The van der Waals surface area contributed by atoms with Gasteiger partial charge in [0, 0.05) is 5.56 Å². The Bertz CT molecular complexity index is 1160. The number of benzene rings is 2. The van der Waals surface area contributed by atoms with E-state index < -0.39 is 15.9 Å². The third kappa shape index (κ3) is 4.95. The fourth-order valence-electron chi connectivity index (χ4n) is 2.80. The van der Waals surface area contributed by atoms with Gasteiger partial charge in [-0.2, -0.15) is 0 Å². The molecule has 1 aromatic heterocycles. The molecule has 10 heteroatoms. The summed E-state index contributed by atoms with van der Waals surface area (Å²) in [6.07, 6.45) is 1.08. The van der Waals surface area contributed by atoms with E-state index in [4.69, 9.17) is 4.74 Å². The first-order chi connectivity index (χ1) is 14.2. The molecule has 1 amide bonds. The molecule has 0 bridgehead atoms. The molecule has 0 saturated heterocycles. The highest BCUT2D eigenvalue weighted by Gasteiger charge is 2.23. The van der Waals surface area contributed by atoms with Gasteiger partial charge in [-0.25, -0.2) is 8.42 Å². The molecule has 3 aromatic rings. The van der Waals surface area contributed by atoms with Crippen LogP contribution >= 0.6 is 11.3 Å². The van der Waals surface area contributed by atoms with Gasteiger partial charge < -0.3 is 4.74 Å². The van der Waals surface area contributed by atoms with E-state index in [-0.39, 0.29) is 6.54 Å². The summed E-state index contributed by atoms with van der Waals surface area (Å²) in [6, 6.07) is 12.6. The average Bonchev–Trinajstić information content (AvgIpc) is 3.16. The lowest BCUT2D eigenvalue weighted by molar-refractivity contribution is -0.114. The second-order valence-corrected chi connectivity index (χ2v) is 9.56. The maximum atomic E-state index is 12.6. The van der Waals surface area contributed by atoms with Gasteiger partial charge in [-0.3, -0.25) is 14.4 Å². The Kier molecular flexibility index (Phi) is 6.37. The number of carbonyl (C=O) groups is 1. The van der Waals surface area contributed by atoms with Gasteiger partial charge in [-0.15, -0.1) is 10.2 Å². The van der Waals surface area contributed by atoms with Crippen molar-refractivity contribution in [1.82, 2.24) is 10.2 Å². The van der Waals surface area contributed by atoms with E-state index in [0.717, 1.165) is 33.0 Å². The first-order valence-electron chi connectivity index (χ1n) is 9.00. The minimum absolute atomic E-state index is 0.292. The van der Waals surface area contributed by atoms with Crippen LogP contribution in [0.3, 0.4) is 0 Å². The van der Waals surface area contributed by atoms with Gasteiger partial charge in [0.25, 0.3) is 0 Å². The van der Waals surface area contributed by atoms with Crippen molar-refractivity contribution < 1.29 is 17.9 Å². The van der Waals surface area contributed by atoms with Crippen molar-refractivity contribution in [3.05, 3.63) is 53.6 Å². The van der Waals surface area contributed by atoms with Crippen molar-refractivity contribution >= 4 is 38.1 Å². The third-order valence-electron chi connectivity index (χ3n) is 4.54. The quantitative estimate of drug-likeness (QED) is 0.598. The molecule has 158 valence electrons. The molecule has 0 unspecified atom stereocenters. The predicted molar refractivity (Wildman–Crippen MR) is 119 cm³/mol. The molecular formula is C20H22N4O4S2. The van der Waals surface area contributed by atoms with Crippen molar-refractivity contribution in [1.29, 1.82) is 0 Å². The molecule has 0 atom stereocenters. The number of anilines is 2. The summed E-state index contributed by atoms with van der Waals surface area (Å²) in [5.41, 5.74) is 3.05. The Morgan fingerprint density at radius 1 is 1.13 bits per heavy atom. The highest BCUT2D eigenvalue weighted by Crippen LogP contribution is 2.28. The Labute approximate surface area is 179 Å². The highest BCUT2D eigenvalue weighted by atomic mass is 32.2. The van der Waals surface area contributed by atoms with Crippen molar-refractivity contribution in [2.75, 3.05) is 29.5 Å². The second-order valence-electron chi connectivity index (χ2n) is 6.68. The number of methoxy groups -OCH3 is 1. The largest absolute Gasteiger partial charge is 0.497 e. The molecule has 1 N–H and O–H groups in total. The molecule has 0 fully saturated rings. The number of sulfonamides is 1. The Hall–Kier alpha value is -2.98. The van der Waals surface area contributed by atoms with E-state index in [1.807, 2.05) is 44.2 Å². The number of aromatic nitrogens is 2. The van der Waals surface area contributed by atoms with Crippen molar-refractivity contribution in [2.24, 2.45) is 0 Å². The van der Waals surface area contributed by atoms with Gasteiger partial charge in [0.05, 0.1) is 19.1 Å². The van der Waals surface area contributed by atoms with Crippen LogP contribution in [-0.4, -0.2) is 44.4 Å². The van der Waals surface area contributed by atoms with Crippen molar-refractivity contribution in [3.63, 3.8) is 0 Å². The SMILES string of the molecule is COc1ccc(-c2nnc(NC(=O)CN(c3cccc(C)c3C)S(C)(=O)=O)s2)cc1. The van der Waals surface area contributed by atoms with Crippen LogP contribution in [-0.2, 0) is 14.8 Å². The summed E-state index contributed by atoms with van der Waals surface area (Å²) < 4.78 is 30.9. The molecular weight excluding hydrogens is 424 g/mol. The van der Waals surface area contributed by atoms with E-state index >= 15 is 0 Å². The minimum atomic E-state index is -3.66. The number of amides is 1. The second kappa shape index (κ2) is 8.80. The number of hydrogen-bond donors (Lipinski definition) is 1. The Morgan fingerprint density at radius 2 is 1.83 bits per heavy atom. The molecule has 0 saturated carbocycles. The van der Waals surface area contributed by atoms with Crippen LogP contribution in [0.4, 0.5) is 10.8 Å². The fraction of sp³-hybridized carbons (Fsp3) is 0.250. The molecule has 2 aromatic carbocycles. The van der Waals surface area contributed by atoms with Gasteiger partial charge in [0.2, 0.25) is 21.1 Å². The summed E-state index contributed by atoms with van der Waals surface area (Å²) in [5.74, 6) is 0.225. The van der Waals surface area contributed by atoms with Gasteiger partial charge in [-0.1, -0.05) is 23.5 Å². The summed E-state index contributed by atoms with van der Waals surface area (Å²) >= 11 is 1.20. The number of hydrogen-bond acceptors (Lipinski definition) is 7. The molecule has 1 heterocycles. The Morgan fingerprint density at radius 3 is 2.47 bits per heavy atom. The smallest absolute Gasteiger partial charge is 0.246 e. The first-order valence-corrected chi connectivity index (χ1v) is 11.7. The lowest BCUT2D eigenvalue weighted by atomic mass is 10.1. The van der Waals surface area contributed by atoms with Crippen LogP contribution < -0.4 is 14.4 Å². The van der Waals surface area contributed by atoms with Crippen LogP contribution in [0.1, 0.15) is 11.1 Å². The van der Waals surface area contributed by atoms with Gasteiger partial charge >= 0.3 is 0 Å². The van der Waals surface area contributed by atoms with Crippen LogP contribution in [0.2, 0.25) is 0 Å². The number of carbonyl (C=O) groups excluding carboxylic acids is 1. The standard InChI is InChI=1S/C20H22N4O4S2/c1-13-6-5-7-17(14(13)2)24(30(4,26)27)12-18(25)21-20-23-22-19(29-20)15-8-10-16(28-3)11-9-15/h5-11H,12H2,1-4H3,(H,21,23,25). The van der Waals surface area contributed by atoms with Gasteiger partial charge in [0.15, 0.2) is 0 Å². The monoisotopic (exact) mass is 446 g/mol. The topological polar surface area (TPSA) is 101 Å². The zero-order chi connectivity index (χ0) is 21.9. The van der Waals surface area contributed by atoms with Crippen LogP contribution in [0.5, 0.6) is 5.75 Å². The number of nitrogens with zero attached hydrogens (tertiary/aromatic N) is 3. The van der Waals surface area contributed by atoms with Crippen molar-refractivity contribution in [2.45, 2.75) is 13.8 Å². The van der Waals surface area contributed by atoms with Crippen molar-refractivity contribution in [3.8, 4) is 16.3 Å². The molecule has 30 heavy (non-hydrogen) atoms. The zero-order valence-electron chi connectivity index (χ0n) is 17.0. The van der Waals surface area contributed by atoms with Crippen LogP contribution in [0.25, 0.3) is 10.6 Å². The van der Waals surface area contributed by atoms with E-state index in [0.29, 0.717) is 15.8 Å². The summed E-state index contributed by atoms with van der Waals surface area (Å²) in [5, 5.41) is 11.6. The van der Waals surface area contributed by atoms with Gasteiger partial charge in [-0.05, 0) is 55.3 Å². The highest BCUT2D eigenvalue weighted by molar-refractivity contribution is 7.92. The van der Waals surface area contributed by atoms with Crippen LogP contribution in [0, 0.1) is 13.8 Å². The fourth-order valence-corrected chi connectivity index (χ4v) is 4.47. The molecule has 8 nitrogen and oxygen atoms in total. The molecule has 3 rings (SSSR count). The summed E-state index contributed by atoms with van der Waals surface area (Å²) in [6.45, 7) is 3.36. The number of rotatable bonds is 7. The minimum Gasteiger partial charge on any atom is -0.497 e. The van der Waals surface area contributed by atoms with E-state index in [9.17, 15) is 13.2 Å². The van der Waals surface area contributed by atoms with E-state index in [1.165, 1.54) is 11.3 Å². The predicted octanol–water partition coefficient (Wildman–Crippen LogP) is 3.24. The zero-order valence-corrected chi connectivity index (χ0v) is 18.7. The molecule has 0 aliphatic heterocycles. The number of nitrogens with one attached hydrogen (secondary N) is 1. The average molecular weight is 447 g/mol. The van der Waals surface area contributed by atoms with Gasteiger partial charge in [0.1, 0.15) is 17.3 Å². The third-order valence-corrected chi connectivity index (χ3v) is 6.55. The lowest BCUT2D eigenvalue weighted by Crippen LogP contribution is -2.38. The van der Waals surface area contributed by atoms with Crippen LogP contribution in [0.15, 0.2) is 42.5 Å². The normalized spacial score (nSPS) is 11.2. The van der Waals surface area contributed by atoms with E-state index in [1.54, 1.807) is 19.2 Å². The lowest BCUT2D eigenvalue weighted by Gasteiger charge is -2.24. The number of aryl methyl sites for hydroxylation is 1.